The van der Waals surface area contributed by atoms with Gasteiger partial charge in [0.25, 0.3) is 0 Å². The van der Waals surface area contributed by atoms with Crippen LogP contribution >= 0.6 is 11.3 Å². The largest absolute Gasteiger partial charge is 0.466 e. The Balaban J connectivity index is 1.99. The number of carbonyl (C=O) groups excluding carboxylic acids is 2. The van der Waals surface area contributed by atoms with Gasteiger partial charge in [-0.15, -0.1) is 11.3 Å². The normalized spacial score (nSPS) is 10.7. The van der Waals surface area contributed by atoms with E-state index >= 15 is 0 Å². The van der Waals surface area contributed by atoms with Crippen LogP contribution in [0, 0.1) is 6.92 Å². The predicted molar refractivity (Wildman–Crippen MR) is 101 cm³/mol. The molecule has 2 aromatic heterocycles. The minimum Gasteiger partial charge on any atom is -0.466 e. The molecule has 0 spiro atoms. The summed E-state index contributed by atoms with van der Waals surface area (Å²) in [5.74, 6) is -0.569. The number of fused-ring (bicyclic) bond motifs is 1. The highest BCUT2D eigenvalue weighted by atomic mass is 32.1. The van der Waals surface area contributed by atoms with Crippen molar-refractivity contribution >= 4 is 34.2 Å². The number of hydrogen-bond acceptors (Lipinski definition) is 7. The predicted octanol–water partition coefficient (Wildman–Crippen LogP) is 3.88. The average Bonchev–Trinajstić information content (AvgIpc) is 3.15. The molecule has 3 rings (SSSR count). The Hall–Kier alpha value is -2.93. The van der Waals surface area contributed by atoms with Crippen molar-refractivity contribution < 1.29 is 23.5 Å². The van der Waals surface area contributed by atoms with Crippen LogP contribution in [0.25, 0.3) is 11.0 Å². The molecule has 0 atom stereocenters. The lowest BCUT2D eigenvalue weighted by atomic mass is 10.0. The number of aryl methyl sites for hydroxylation is 2. The van der Waals surface area contributed by atoms with Gasteiger partial charge in [0.05, 0.1) is 6.61 Å². The SMILES string of the molecule is CCOC(=O)CCc1cc2c(C)cc(=O)oc2cc1OC(=O)c1cccs1. The summed E-state index contributed by atoms with van der Waals surface area (Å²) < 4.78 is 15.7. The minimum atomic E-state index is -0.503. The zero-order valence-corrected chi connectivity index (χ0v) is 15.8. The summed E-state index contributed by atoms with van der Waals surface area (Å²) in [6, 6.07) is 8.12. The van der Waals surface area contributed by atoms with Crippen LogP contribution in [0.15, 0.2) is 44.9 Å². The monoisotopic (exact) mass is 386 g/mol. The summed E-state index contributed by atoms with van der Waals surface area (Å²) >= 11 is 1.27. The molecule has 6 nitrogen and oxygen atoms in total. The quantitative estimate of drug-likeness (QED) is 0.363. The average molecular weight is 386 g/mol. The third-order valence-corrected chi connectivity index (χ3v) is 4.81. The lowest BCUT2D eigenvalue weighted by Crippen LogP contribution is -2.10. The highest BCUT2D eigenvalue weighted by molar-refractivity contribution is 7.12. The maximum Gasteiger partial charge on any atom is 0.353 e. The Morgan fingerprint density at radius 2 is 2.04 bits per heavy atom. The van der Waals surface area contributed by atoms with Crippen molar-refractivity contribution in [2.45, 2.75) is 26.7 Å². The first-order chi connectivity index (χ1) is 13.0. The van der Waals surface area contributed by atoms with Gasteiger partial charge in [-0.3, -0.25) is 4.79 Å². The summed E-state index contributed by atoms with van der Waals surface area (Å²) in [4.78, 5) is 36.2. The zero-order chi connectivity index (χ0) is 19.4. The molecular formula is C20H18O6S. The van der Waals surface area contributed by atoms with Gasteiger partial charge in [-0.1, -0.05) is 6.07 Å². The van der Waals surface area contributed by atoms with Gasteiger partial charge in [-0.25, -0.2) is 9.59 Å². The highest BCUT2D eigenvalue weighted by Gasteiger charge is 2.17. The van der Waals surface area contributed by atoms with E-state index in [0.717, 1.165) is 10.9 Å². The molecule has 3 aromatic rings. The van der Waals surface area contributed by atoms with Crippen molar-refractivity contribution in [2.75, 3.05) is 6.61 Å². The molecule has 0 bridgehead atoms. The highest BCUT2D eigenvalue weighted by Crippen LogP contribution is 2.29. The molecule has 0 unspecified atom stereocenters. The van der Waals surface area contributed by atoms with E-state index in [1.165, 1.54) is 23.5 Å². The van der Waals surface area contributed by atoms with Crippen LogP contribution in [-0.4, -0.2) is 18.5 Å². The first-order valence-electron chi connectivity index (χ1n) is 8.46. The van der Waals surface area contributed by atoms with Crippen LogP contribution in [0.5, 0.6) is 5.75 Å². The van der Waals surface area contributed by atoms with Gasteiger partial charge in [0.15, 0.2) is 0 Å². The molecular weight excluding hydrogens is 368 g/mol. The number of ether oxygens (including phenoxy) is 2. The van der Waals surface area contributed by atoms with Crippen LogP contribution in [0.2, 0.25) is 0 Å². The van der Waals surface area contributed by atoms with Gasteiger partial charge in [0, 0.05) is 23.9 Å². The molecule has 140 valence electrons. The number of rotatable bonds is 6. The fourth-order valence-corrected chi connectivity index (χ4v) is 3.29. The lowest BCUT2D eigenvalue weighted by molar-refractivity contribution is -0.143. The van der Waals surface area contributed by atoms with Crippen molar-refractivity contribution in [1.29, 1.82) is 0 Å². The second kappa shape index (κ2) is 8.18. The second-order valence-electron chi connectivity index (χ2n) is 5.88. The molecule has 0 amide bonds. The van der Waals surface area contributed by atoms with E-state index in [9.17, 15) is 14.4 Å². The Labute approximate surface area is 159 Å². The van der Waals surface area contributed by atoms with E-state index in [4.69, 9.17) is 13.9 Å². The van der Waals surface area contributed by atoms with E-state index in [1.807, 2.05) is 0 Å². The molecule has 0 radical (unpaired) electrons. The van der Waals surface area contributed by atoms with Crippen molar-refractivity contribution in [3.8, 4) is 5.75 Å². The van der Waals surface area contributed by atoms with Crippen molar-refractivity contribution in [3.05, 3.63) is 62.1 Å². The number of esters is 2. The van der Waals surface area contributed by atoms with Crippen LogP contribution in [0.3, 0.4) is 0 Å². The van der Waals surface area contributed by atoms with E-state index in [1.54, 1.807) is 37.4 Å². The molecule has 1 aromatic carbocycles. The molecule has 0 fully saturated rings. The number of benzene rings is 1. The van der Waals surface area contributed by atoms with Crippen molar-refractivity contribution in [2.24, 2.45) is 0 Å². The van der Waals surface area contributed by atoms with Gasteiger partial charge in [-0.05, 0) is 48.9 Å². The lowest BCUT2D eigenvalue weighted by Gasteiger charge is -2.12. The molecule has 0 aliphatic heterocycles. The Morgan fingerprint density at radius 1 is 1.22 bits per heavy atom. The third kappa shape index (κ3) is 4.43. The van der Waals surface area contributed by atoms with Gasteiger partial charge < -0.3 is 13.9 Å². The van der Waals surface area contributed by atoms with Crippen LogP contribution in [-0.2, 0) is 16.0 Å². The van der Waals surface area contributed by atoms with E-state index in [-0.39, 0.29) is 18.1 Å². The molecule has 7 heteroatoms. The van der Waals surface area contributed by atoms with Gasteiger partial charge in [0.2, 0.25) is 0 Å². The zero-order valence-electron chi connectivity index (χ0n) is 14.9. The summed E-state index contributed by atoms with van der Waals surface area (Å²) in [5, 5.41) is 2.51. The van der Waals surface area contributed by atoms with Crippen LogP contribution < -0.4 is 10.4 Å². The second-order valence-corrected chi connectivity index (χ2v) is 6.82. The van der Waals surface area contributed by atoms with E-state index in [2.05, 4.69) is 0 Å². The number of carbonyl (C=O) groups is 2. The van der Waals surface area contributed by atoms with E-state index < -0.39 is 11.6 Å². The third-order valence-electron chi connectivity index (χ3n) is 3.96. The summed E-state index contributed by atoms with van der Waals surface area (Å²) in [6.45, 7) is 3.85. The molecule has 0 N–H and O–H groups in total. The molecule has 27 heavy (non-hydrogen) atoms. The minimum absolute atomic E-state index is 0.152. The summed E-state index contributed by atoms with van der Waals surface area (Å²) in [6.07, 6.45) is 0.485. The molecule has 2 heterocycles. The fraction of sp³-hybridized carbons (Fsp3) is 0.250. The Kier molecular flexibility index (Phi) is 5.71. The van der Waals surface area contributed by atoms with Gasteiger partial charge >= 0.3 is 17.6 Å². The summed E-state index contributed by atoms with van der Waals surface area (Å²) in [5.41, 5.74) is 1.26. The number of hydrogen-bond donors (Lipinski definition) is 0. The van der Waals surface area contributed by atoms with Gasteiger partial charge in [-0.2, -0.15) is 0 Å². The smallest absolute Gasteiger partial charge is 0.353 e. The maximum atomic E-state index is 12.3. The first-order valence-corrected chi connectivity index (χ1v) is 9.34. The summed E-state index contributed by atoms with van der Waals surface area (Å²) in [7, 11) is 0. The van der Waals surface area contributed by atoms with Crippen LogP contribution in [0.4, 0.5) is 0 Å². The molecule has 0 aliphatic carbocycles. The van der Waals surface area contributed by atoms with Gasteiger partial charge in [0.1, 0.15) is 16.2 Å². The fourth-order valence-electron chi connectivity index (χ4n) is 2.70. The standard InChI is InChI=1S/C20H18O6S/c1-3-24-18(21)7-6-13-10-14-12(2)9-19(22)25-16(14)11-15(13)26-20(23)17-5-4-8-27-17/h4-5,8-11H,3,6-7H2,1-2H3. The topological polar surface area (TPSA) is 82.8 Å². The Morgan fingerprint density at radius 3 is 2.74 bits per heavy atom. The van der Waals surface area contributed by atoms with Crippen LogP contribution in [0.1, 0.15) is 34.1 Å². The Bertz CT molecular complexity index is 1030. The molecule has 0 saturated heterocycles. The molecule has 0 saturated carbocycles. The van der Waals surface area contributed by atoms with Crippen molar-refractivity contribution in [1.82, 2.24) is 0 Å². The van der Waals surface area contributed by atoms with E-state index in [0.29, 0.717) is 29.1 Å². The number of thiophene rings is 1. The first kappa shape index (κ1) is 18.8. The maximum absolute atomic E-state index is 12.3. The van der Waals surface area contributed by atoms with Crippen molar-refractivity contribution in [3.63, 3.8) is 0 Å². The molecule has 0 aliphatic rings.